The van der Waals surface area contributed by atoms with Crippen LogP contribution in [-0.2, 0) is 4.74 Å². The van der Waals surface area contributed by atoms with E-state index in [1.165, 1.54) is 17.5 Å². The Morgan fingerprint density at radius 3 is 2.69 bits per heavy atom. The van der Waals surface area contributed by atoms with Crippen molar-refractivity contribution in [1.82, 2.24) is 0 Å². The number of nitrogens with two attached hydrogens (primary N) is 1. The first kappa shape index (κ1) is 11.6. The molecule has 1 fully saturated rings. The normalized spacial score (nSPS) is 20.2. The van der Waals surface area contributed by atoms with E-state index in [4.69, 9.17) is 10.5 Å². The molecule has 0 spiro atoms. The van der Waals surface area contributed by atoms with Gasteiger partial charge < -0.3 is 10.5 Å². The van der Waals surface area contributed by atoms with Gasteiger partial charge in [-0.15, -0.1) is 0 Å². The average molecular weight is 219 g/mol. The minimum Gasteiger partial charge on any atom is -0.378 e. The second-order valence-corrected chi connectivity index (χ2v) is 4.97. The van der Waals surface area contributed by atoms with Crippen LogP contribution in [-0.4, -0.2) is 12.7 Å². The number of aryl methyl sites for hydroxylation is 1. The van der Waals surface area contributed by atoms with Crippen LogP contribution in [0.15, 0.2) is 24.3 Å². The summed E-state index contributed by atoms with van der Waals surface area (Å²) >= 11 is 0. The number of rotatable bonds is 4. The van der Waals surface area contributed by atoms with E-state index in [1.807, 2.05) is 7.11 Å². The van der Waals surface area contributed by atoms with Gasteiger partial charge in [-0.25, -0.2) is 0 Å². The van der Waals surface area contributed by atoms with Crippen LogP contribution in [0.25, 0.3) is 0 Å². The monoisotopic (exact) mass is 219 g/mol. The second kappa shape index (κ2) is 4.56. The lowest BCUT2D eigenvalue weighted by Crippen LogP contribution is -2.41. The van der Waals surface area contributed by atoms with Crippen molar-refractivity contribution in [2.24, 2.45) is 5.73 Å². The first-order valence-electron chi connectivity index (χ1n) is 6.02. The highest BCUT2D eigenvalue weighted by Gasteiger charge is 2.38. The molecule has 0 aliphatic heterocycles. The Labute approximate surface area is 97.8 Å². The third-order valence-corrected chi connectivity index (χ3v) is 3.76. The Bertz CT molecular complexity index is 352. The zero-order chi connectivity index (χ0) is 11.6. The van der Waals surface area contributed by atoms with Gasteiger partial charge in [0.15, 0.2) is 0 Å². The van der Waals surface area contributed by atoms with Crippen LogP contribution in [0.1, 0.15) is 42.9 Å². The van der Waals surface area contributed by atoms with Gasteiger partial charge in [-0.05, 0) is 38.2 Å². The highest BCUT2D eigenvalue weighted by atomic mass is 16.5. The number of benzene rings is 1. The van der Waals surface area contributed by atoms with E-state index in [0.717, 1.165) is 19.3 Å². The molecule has 0 bridgehead atoms. The first-order chi connectivity index (χ1) is 7.65. The largest absolute Gasteiger partial charge is 0.378 e. The predicted molar refractivity (Wildman–Crippen MR) is 66.3 cm³/mol. The highest BCUT2D eigenvalue weighted by Crippen LogP contribution is 2.41. The maximum Gasteiger partial charge on any atom is 0.0696 e. The summed E-state index contributed by atoms with van der Waals surface area (Å²) < 4.78 is 5.62. The molecule has 2 N–H and O–H groups in total. The van der Waals surface area contributed by atoms with Gasteiger partial charge >= 0.3 is 0 Å². The first-order valence-corrected chi connectivity index (χ1v) is 6.02. The highest BCUT2D eigenvalue weighted by molar-refractivity contribution is 5.25. The summed E-state index contributed by atoms with van der Waals surface area (Å²) in [5.41, 5.74) is 8.81. The maximum absolute atomic E-state index is 6.26. The second-order valence-electron chi connectivity index (χ2n) is 4.97. The molecule has 1 unspecified atom stereocenters. The van der Waals surface area contributed by atoms with Crippen molar-refractivity contribution in [3.8, 4) is 0 Å². The minimum absolute atomic E-state index is 0.0587. The Balaban J connectivity index is 2.05. The smallest absolute Gasteiger partial charge is 0.0696 e. The van der Waals surface area contributed by atoms with Crippen LogP contribution in [0, 0.1) is 6.92 Å². The summed E-state index contributed by atoms with van der Waals surface area (Å²) in [6, 6.07) is 8.56. The molecular formula is C14H21NO. The molecule has 1 aliphatic rings. The van der Waals surface area contributed by atoms with E-state index in [9.17, 15) is 0 Å². The molecule has 0 saturated heterocycles. The molecule has 2 heteroatoms. The summed E-state index contributed by atoms with van der Waals surface area (Å²) in [5, 5.41) is 0. The van der Waals surface area contributed by atoms with Crippen molar-refractivity contribution in [3.05, 3.63) is 35.4 Å². The summed E-state index contributed by atoms with van der Waals surface area (Å²) in [6.07, 6.45) is 4.52. The van der Waals surface area contributed by atoms with Crippen LogP contribution < -0.4 is 5.73 Å². The van der Waals surface area contributed by atoms with E-state index < -0.39 is 0 Å². The van der Waals surface area contributed by atoms with Crippen LogP contribution in [0.4, 0.5) is 0 Å². The van der Waals surface area contributed by atoms with Crippen molar-refractivity contribution in [2.75, 3.05) is 7.11 Å². The van der Waals surface area contributed by atoms with Gasteiger partial charge in [-0.3, -0.25) is 0 Å². The average Bonchev–Trinajstić information content (AvgIpc) is 2.23. The molecule has 0 radical (unpaired) electrons. The molecule has 0 amide bonds. The van der Waals surface area contributed by atoms with Gasteiger partial charge in [0, 0.05) is 13.2 Å². The zero-order valence-corrected chi connectivity index (χ0v) is 10.2. The molecule has 0 heterocycles. The third kappa shape index (κ3) is 2.28. The molecule has 1 aliphatic carbocycles. The number of hydrogen-bond donors (Lipinski definition) is 1. The summed E-state index contributed by atoms with van der Waals surface area (Å²) in [7, 11) is 1.81. The maximum atomic E-state index is 6.26. The van der Waals surface area contributed by atoms with Crippen molar-refractivity contribution >= 4 is 0 Å². The van der Waals surface area contributed by atoms with Gasteiger partial charge in [0.05, 0.1) is 5.60 Å². The van der Waals surface area contributed by atoms with Gasteiger partial charge in [0.1, 0.15) is 0 Å². The van der Waals surface area contributed by atoms with Gasteiger partial charge in [-0.2, -0.15) is 0 Å². The lowest BCUT2D eigenvalue weighted by Gasteiger charge is -2.42. The Morgan fingerprint density at radius 2 is 2.19 bits per heavy atom. The van der Waals surface area contributed by atoms with Crippen molar-refractivity contribution in [1.29, 1.82) is 0 Å². The fourth-order valence-electron chi connectivity index (χ4n) is 2.48. The molecule has 1 saturated carbocycles. The van der Waals surface area contributed by atoms with E-state index in [2.05, 4.69) is 31.2 Å². The standard InChI is InChI=1S/C14H21NO/c1-11-5-3-6-12(9-11)13(15)10-14(16-2)7-4-8-14/h3,5-6,9,13H,4,7-8,10,15H2,1-2H3. The van der Waals surface area contributed by atoms with Crippen LogP contribution in [0.3, 0.4) is 0 Å². The molecule has 1 aromatic rings. The fourth-order valence-corrected chi connectivity index (χ4v) is 2.48. The number of hydrogen-bond acceptors (Lipinski definition) is 2. The van der Waals surface area contributed by atoms with Crippen molar-refractivity contribution in [2.45, 2.75) is 44.2 Å². The van der Waals surface area contributed by atoms with E-state index >= 15 is 0 Å². The molecule has 0 aromatic heterocycles. The van der Waals surface area contributed by atoms with Crippen LogP contribution in [0.5, 0.6) is 0 Å². The number of methoxy groups -OCH3 is 1. The Morgan fingerprint density at radius 1 is 1.44 bits per heavy atom. The van der Waals surface area contributed by atoms with Crippen LogP contribution >= 0.6 is 0 Å². The molecule has 1 atom stereocenters. The molecule has 16 heavy (non-hydrogen) atoms. The van der Waals surface area contributed by atoms with Crippen molar-refractivity contribution in [3.63, 3.8) is 0 Å². The summed E-state index contributed by atoms with van der Waals surface area (Å²) in [4.78, 5) is 0. The minimum atomic E-state index is 0.0587. The molecule has 2 nitrogen and oxygen atoms in total. The lowest BCUT2D eigenvalue weighted by atomic mass is 9.75. The fraction of sp³-hybridized carbons (Fsp3) is 0.571. The van der Waals surface area contributed by atoms with Gasteiger partial charge in [-0.1, -0.05) is 29.8 Å². The van der Waals surface area contributed by atoms with E-state index in [1.54, 1.807) is 0 Å². The summed E-state index contributed by atoms with van der Waals surface area (Å²) in [6.45, 7) is 2.10. The van der Waals surface area contributed by atoms with Gasteiger partial charge in [0.2, 0.25) is 0 Å². The molecule has 2 rings (SSSR count). The van der Waals surface area contributed by atoms with Gasteiger partial charge in [0.25, 0.3) is 0 Å². The molecular weight excluding hydrogens is 198 g/mol. The quantitative estimate of drug-likeness (QED) is 0.845. The lowest BCUT2D eigenvalue weighted by molar-refractivity contribution is -0.0817. The molecule has 88 valence electrons. The Kier molecular flexibility index (Phi) is 3.31. The van der Waals surface area contributed by atoms with E-state index in [-0.39, 0.29) is 11.6 Å². The van der Waals surface area contributed by atoms with E-state index in [0.29, 0.717) is 0 Å². The predicted octanol–water partition coefficient (Wildman–Crippen LogP) is 2.95. The van der Waals surface area contributed by atoms with Crippen molar-refractivity contribution < 1.29 is 4.74 Å². The van der Waals surface area contributed by atoms with Crippen LogP contribution in [0.2, 0.25) is 0 Å². The zero-order valence-electron chi connectivity index (χ0n) is 10.2. The topological polar surface area (TPSA) is 35.2 Å². The summed E-state index contributed by atoms with van der Waals surface area (Å²) in [5.74, 6) is 0. The molecule has 1 aromatic carbocycles. The SMILES string of the molecule is COC1(CC(N)c2cccc(C)c2)CCC1. The Hall–Kier alpha value is -0.860. The number of ether oxygens (including phenoxy) is 1. The third-order valence-electron chi connectivity index (χ3n) is 3.76.